The first-order valence-corrected chi connectivity index (χ1v) is 8.58. The molecule has 120 valence electrons. The zero-order valence-corrected chi connectivity index (χ0v) is 13.2. The van der Waals surface area contributed by atoms with Crippen LogP contribution in [-0.4, -0.2) is 71.9 Å². The summed E-state index contributed by atoms with van der Waals surface area (Å²) in [5.41, 5.74) is 0.522. The molecule has 0 unspecified atom stereocenters. The maximum absolute atomic E-state index is 12.8. The van der Waals surface area contributed by atoms with Gasteiger partial charge in [-0.15, -0.1) is 0 Å². The van der Waals surface area contributed by atoms with E-state index in [0.29, 0.717) is 63.1 Å². The fraction of sp³-hybridized carbons (Fsp3) is 0.533. The van der Waals surface area contributed by atoms with E-state index < -0.39 is 11.0 Å². The Morgan fingerprint density at radius 2 is 1.55 bits per heavy atom. The van der Waals surface area contributed by atoms with E-state index in [0.717, 1.165) is 0 Å². The van der Waals surface area contributed by atoms with Crippen LogP contribution in [0, 0.1) is 0 Å². The molecule has 7 heteroatoms. The summed E-state index contributed by atoms with van der Waals surface area (Å²) in [4.78, 5) is 15.0. The normalized spacial score (nSPS) is 21.5. The number of rotatable bonds is 3. The second kappa shape index (κ2) is 7.32. The maximum Gasteiger partial charge on any atom is 0.255 e. The van der Waals surface area contributed by atoms with Gasteiger partial charge in [-0.3, -0.25) is 4.79 Å². The van der Waals surface area contributed by atoms with Crippen molar-refractivity contribution in [3.8, 4) is 0 Å². The highest BCUT2D eigenvalue weighted by Gasteiger charge is 2.26. The number of amides is 1. The van der Waals surface area contributed by atoms with Crippen LogP contribution in [0.5, 0.6) is 0 Å². The van der Waals surface area contributed by atoms with Crippen molar-refractivity contribution in [1.82, 2.24) is 9.21 Å². The van der Waals surface area contributed by atoms with E-state index in [1.165, 1.54) is 0 Å². The summed E-state index contributed by atoms with van der Waals surface area (Å²) in [6, 6.07) is 7.17. The van der Waals surface area contributed by atoms with E-state index in [2.05, 4.69) is 0 Å². The number of carbonyl (C=O) groups is 1. The molecule has 2 heterocycles. The molecule has 1 amide bonds. The highest BCUT2D eigenvalue weighted by Crippen LogP contribution is 2.19. The minimum Gasteiger partial charge on any atom is -0.379 e. The van der Waals surface area contributed by atoms with Gasteiger partial charge in [-0.25, -0.2) is 8.51 Å². The largest absolute Gasteiger partial charge is 0.379 e. The fourth-order valence-corrected chi connectivity index (χ4v) is 3.88. The van der Waals surface area contributed by atoms with Gasteiger partial charge in [0.15, 0.2) is 0 Å². The molecule has 0 radical (unpaired) electrons. The monoisotopic (exact) mass is 324 g/mol. The smallest absolute Gasteiger partial charge is 0.255 e. The van der Waals surface area contributed by atoms with Gasteiger partial charge in [-0.05, 0) is 12.1 Å². The number of ether oxygens (including phenoxy) is 2. The zero-order chi connectivity index (χ0) is 15.4. The molecule has 0 aliphatic carbocycles. The summed E-state index contributed by atoms with van der Waals surface area (Å²) in [6.07, 6.45) is 0. The average Bonchev–Trinajstić information content (AvgIpc) is 2.62. The molecule has 0 saturated carbocycles. The van der Waals surface area contributed by atoms with Gasteiger partial charge in [0, 0.05) is 26.2 Å². The number of benzene rings is 1. The fourth-order valence-electron chi connectivity index (χ4n) is 2.58. The number of hydrogen-bond donors (Lipinski definition) is 0. The van der Waals surface area contributed by atoms with Crippen LogP contribution in [0.25, 0.3) is 0 Å². The molecule has 0 bridgehead atoms. The molecule has 2 fully saturated rings. The molecule has 2 aliphatic rings. The van der Waals surface area contributed by atoms with Crippen LogP contribution in [0.2, 0.25) is 0 Å². The Kier molecular flexibility index (Phi) is 5.20. The Hall–Kier alpha value is -1.28. The van der Waals surface area contributed by atoms with Crippen molar-refractivity contribution in [3.05, 3.63) is 29.8 Å². The third-order valence-electron chi connectivity index (χ3n) is 3.81. The lowest BCUT2D eigenvalue weighted by Crippen LogP contribution is -2.42. The van der Waals surface area contributed by atoms with Crippen LogP contribution < -0.4 is 0 Å². The minimum atomic E-state index is -1.33. The van der Waals surface area contributed by atoms with E-state index in [9.17, 15) is 9.00 Å². The summed E-state index contributed by atoms with van der Waals surface area (Å²) in [6.45, 7) is 4.66. The van der Waals surface area contributed by atoms with Crippen LogP contribution in [0.15, 0.2) is 29.2 Å². The first-order valence-electron chi connectivity index (χ1n) is 7.48. The second-order valence-corrected chi connectivity index (χ2v) is 6.65. The molecular weight excluding hydrogens is 304 g/mol. The summed E-state index contributed by atoms with van der Waals surface area (Å²) in [7, 11) is -1.33. The molecule has 6 nitrogen and oxygen atoms in total. The lowest BCUT2D eigenvalue weighted by atomic mass is 10.2. The second-order valence-electron chi connectivity index (χ2n) is 5.19. The average molecular weight is 324 g/mol. The topological polar surface area (TPSA) is 59.1 Å². The molecular formula is C15H20N2O4S. The molecule has 0 spiro atoms. The molecule has 22 heavy (non-hydrogen) atoms. The van der Waals surface area contributed by atoms with Crippen molar-refractivity contribution in [3.63, 3.8) is 0 Å². The van der Waals surface area contributed by atoms with E-state index in [-0.39, 0.29) is 5.91 Å². The highest BCUT2D eigenvalue weighted by atomic mass is 32.2. The van der Waals surface area contributed by atoms with Crippen molar-refractivity contribution in [2.45, 2.75) is 4.90 Å². The molecule has 1 aromatic carbocycles. The molecule has 1 aromatic rings. The van der Waals surface area contributed by atoms with Crippen molar-refractivity contribution in [1.29, 1.82) is 0 Å². The van der Waals surface area contributed by atoms with Gasteiger partial charge < -0.3 is 14.4 Å². The van der Waals surface area contributed by atoms with Gasteiger partial charge >= 0.3 is 0 Å². The lowest BCUT2D eigenvalue weighted by molar-refractivity contribution is 0.0300. The summed E-state index contributed by atoms with van der Waals surface area (Å²) >= 11 is 0. The third-order valence-corrected chi connectivity index (χ3v) is 5.37. The van der Waals surface area contributed by atoms with Crippen molar-refractivity contribution in [2.24, 2.45) is 0 Å². The van der Waals surface area contributed by atoms with Crippen LogP contribution in [-0.2, 0) is 20.5 Å². The van der Waals surface area contributed by atoms with E-state index in [4.69, 9.17) is 9.47 Å². The van der Waals surface area contributed by atoms with Crippen molar-refractivity contribution >= 4 is 16.9 Å². The van der Waals surface area contributed by atoms with Crippen LogP contribution in [0.4, 0.5) is 0 Å². The summed E-state index contributed by atoms with van der Waals surface area (Å²) < 4.78 is 25.2. The van der Waals surface area contributed by atoms with E-state index in [1.807, 2.05) is 16.4 Å². The van der Waals surface area contributed by atoms with Crippen molar-refractivity contribution in [2.75, 3.05) is 52.6 Å². The zero-order valence-electron chi connectivity index (χ0n) is 12.4. The molecule has 1 atom stereocenters. The minimum absolute atomic E-state index is 0.0690. The number of hydrogen-bond acceptors (Lipinski definition) is 4. The first kappa shape index (κ1) is 15.6. The van der Waals surface area contributed by atoms with Gasteiger partial charge in [0.05, 0.1) is 36.9 Å². The molecule has 2 aliphatic heterocycles. The highest BCUT2D eigenvalue weighted by molar-refractivity contribution is 7.82. The lowest BCUT2D eigenvalue weighted by Gasteiger charge is -2.29. The first-order chi connectivity index (χ1) is 10.8. The predicted octanol–water partition coefficient (Wildman–Crippen LogP) is 0.514. The third kappa shape index (κ3) is 3.38. The Morgan fingerprint density at radius 3 is 2.23 bits per heavy atom. The molecule has 3 rings (SSSR count). The Labute approximate surface area is 132 Å². The quantitative estimate of drug-likeness (QED) is 0.813. The van der Waals surface area contributed by atoms with Crippen LogP contribution in [0.3, 0.4) is 0 Å². The van der Waals surface area contributed by atoms with E-state index in [1.54, 1.807) is 17.0 Å². The van der Waals surface area contributed by atoms with Crippen molar-refractivity contribution < 1.29 is 18.5 Å². The molecule has 2 saturated heterocycles. The van der Waals surface area contributed by atoms with Gasteiger partial charge in [0.2, 0.25) is 0 Å². The Morgan fingerprint density at radius 1 is 0.955 bits per heavy atom. The SMILES string of the molecule is O=C(c1ccccc1[S@](=O)N1CCOCC1)N1CCOCC1. The summed E-state index contributed by atoms with van der Waals surface area (Å²) in [5.74, 6) is -0.0690. The van der Waals surface area contributed by atoms with Gasteiger partial charge in [-0.2, -0.15) is 0 Å². The Bertz CT molecular complexity index is 505. The van der Waals surface area contributed by atoms with Gasteiger partial charge in [0.1, 0.15) is 11.0 Å². The Balaban J connectivity index is 1.82. The van der Waals surface area contributed by atoms with Crippen LogP contribution in [0.1, 0.15) is 10.4 Å². The van der Waals surface area contributed by atoms with E-state index >= 15 is 0 Å². The summed E-state index contributed by atoms with van der Waals surface area (Å²) in [5, 5.41) is 0. The van der Waals surface area contributed by atoms with Crippen LogP contribution >= 0.6 is 0 Å². The number of morpholine rings is 2. The number of nitrogens with zero attached hydrogens (tertiary/aromatic N) is 2. The maximum atomic E-state index is 12.8. The molecule has 0 aromatic heterocycles. The predicted molar refractivity (Wildman–Crippen MR) is 82.0 cm³/mol. The standard InChI is InChI=1S/C15H20N2O4S/c18-15(16-5-9-20-10-6-16)13-3-1-2-4-14(13)22(19)17-7-11-21-12-8-17/h1-4H,5-12H2/t22-/m0/s1. The number of carbonyl (C=O) groups excluding carboxylic acids is 1. The van der Waals surface area contributed by atoms with Gasteiger partial charge in [-0.1, -0.05) is 12.1 Å². The molecule has 0 N–H and O–H groups in total. The van der Waals surface area contributed by atoms with Gasteiger partial charge in [0.25, 0.3) is 5.91 Å².